The number of benzene rings is 1. The Bertz CT molecular complexity index is 279. The van der Waals surface area contributed by atoms with Gasteiger partial charge in [-0.3, -0.25) is 0 Å². The van der Waals surface area contributed by atoms with E-state index in [2.05, 4.69) is 12.6 Å². The maximum atomic E-state index is 9.32. The van der Waals surface area contributed by atoms with Crippen molar-refractivity contribution >= 4 is 17.5 Å². The Morgan fingerprint density at radius 1 is 1.45 bits per heavy atom. The van der Waals surface area contributed by atoms with Gasteiger partial charge in [0.15, 0.2) is 0 Å². The summed E-state index contributed by atoms with van der Waals surface area (Å²) in [7, 11) is 0. The van der Waals surface area contributed by atoms with Crippen LogP contribution >= 0.6 is 12.6 Å². The monoisotopic (exact) mass is 166 g/mol. The van der Waals surface area contributed by atoms with Crippen LogP contribution in [0.4, 0.5) is 0 Å². The van der Waals surface area contributed by atoms with Gasteiger partial charge in [0, 0.05) is 10.5 Å². The molecule has 1 aromatic rings. The average molecular weight is 166 g/mol. The molecule has 0 atom stereocenters. The van der Waals surface area contributed by atoms with Crippen LogP contribution in [-0.4, -0.2) is 5.11 Å². The van der Waals surface area contributed by atoms with Crippen LogP contribution in [0, 0.1) is 0 Å². The highest BCUT2D eigenvalue weighted by Gasteiger charge is 1.99. The molecular weight excluding hydrogens is 156 g/mol. The van der Waals surface area contributed by atoms with Gasteiger partial charge in [-0.15, -0.1) is 12.6 Å². The van der Waals surface area contributed by atoms with Crippen molar-refractivity contribution in [1.82, 2.24) is 0 Å². The number of rotatable bonds is 1. The summed E-state index contributed by atoms with van der Waals surface area (Å²) in [5, 5.41) is 9.32. The Hall–Kier alpha value is -0.890. The molecule has 1 rings (SSSR count). The molecule has 0 fully saturated rings. The predicted molar refractivity (Wildman–Crippen MR) is 50.7 cm³/mol. The Morgan fingerprint density at radius 3 is 2.64 bits per heavy atom. The summed E-state index contributed by atoms with van der Waals surface area (Å²) in [5.41, 5.74) is 0.776. The third-order valence-corrected chi connectivity index (χ3v) is 1.95. The lowest BCUT2D eigenvalue weighted by molar-refractivity contribution is 0.474. The van der Waals surface area contributed by atoms with Crippen LogP contribution in [-0.2, 0) is 0 Å². The number of allylic oxidation sites excluding steroid dienone is 1. The topological polar surface area (TPSA) is 20.2 Å². The molecule has 58 valence electrons. The number of para-hydroxylation sites is 1. The first-order valence-corrected chi connectivity index (χ1v) is 3.84. The number of thiol groups is 1. The van der Waals surface area contributed by atoms with Crippen molar-refractivity contribution in [3.63, 3.8) is 0 Å². The van der Waals surface area contributed by atoms with Crippen molar-refractivity contribution in [1.29, 1.82) is 0 Å². The first-order valence-electron chi connectivity index (χ1n) is 3.39. The van der Waals surface area contributed by atoms with Crippen LogP contribution in [0.2, 0.25) is 0 Å². The average Bonchev–Trinajstić information content (AvgIpc) is 2.04. The molecule has 0 aromatic heterocycles. The molecule has 0 unspecified atom stereocenters. The van der Waals surface area contributed by atoms with Gasteiger partial charge in [0.2, 0.25) is 0 Å². The van der Waals surface area contributed by atoms with Crippen molar-refractivity contribution in [3.05, 3.63) is 35.9 Å². The zero-order valence-electron chi connectivity index (χ0n) is 6.28. The van der Waals surface area contributed by atoms with Crippen molar-refractivity contribution in [2.75, 3.05) is 0 Å². The van der Waals surface area contributed by atoms with E-state index in [0.717, 1.165) is 10.5 Å². The van der Waals surface area contributed by atoms with Crippen LogP contribution in [0.5, 0.6) is 5.75 Å². The second kappa shape index (κ2) is 3.49. The van der Waals surface area contributed by atoms with Crippen LogP contribution in [0.3, 0.4) is 0 Å². The first kappa shape index (κ1) is 8.21. The second-order valence-electron chi connectivity index (χ2n) is 2.19. The van der Waals surface area contributed by atoms with Crippen LogP contribution in [0.25, 0.3) is 4.91 Å². The van der Waals surface area contributed by atoms with Gasteiger partial charge in [0.25, 0.3) is 0 Å². The summed E-state index contributed by atoms with van der Waals surface area (Å²) < 4.78 is 0. The fraction of sp³-hybridized carbons (Fsp3) is 0.111. The van der Waals surface area contributed by atoms with Gasteiger partial charge in [0.1, 0.15) is 5.75 Å². The Kier molecular flexibility index (Phi) is 2.60. The molecule has 11 heavy (non-hydrogen) atoms. The minimum absolute atomic E-state index is 0.274. The largest absolute Gasteiger partial charge is 0.507 e. The van der Waals surface area contributed by atoms with Gasteiger partial charge in [-0.25, -0.2) is 0 Å². The Balaban J connectivity index is 3.14. The SMILES string of the molecule is C/C=C(\S)c1ccccc1O. The van der Waals surface area contributed by atoms with Crippen molar-refractivity contribution in [2.45, 2.75) is 6.92 Å². The standard InChI is InChI=1S/C9H10OS/c1-2-9(11)7-5-3-4-6-8(7)10/h2-6,10-11H,1H3/b9-2-. The Labute approximate surface area is 71.8 Å². The van der Waals surface area contributed by atoms with Gasteiger partial charge >= 0.3 is 0 Å². The normalized spacial score (nSPS) is 11.6. The third kappa shape index (κ3) is 1.77. The van der Waals surface area contributed by atoms with Crippen molar-refractivity contribution in [2.24, 2.45) is 0 Å². The fourth-order valence-corrected chi connectivity index (χ4v) is 1.03. The van der Waals surface area contributed by atoms with Gasteiger partial charge in [-0.05, 0) is 13.0 Å². The highest BCUT2D eigenvalue weighted by molar-refractivity contribution is 7.90. The lowest BCUT2D eigenvalue weighted by Gasteiger charge is -2.01. The molecule has 1 aromatic carbocycles. The first-order chi connectivity index (χ1) is 5.25. The summed E-state index contributed by atoms with van der Waals surface area (Å²) in [5.74, 6) is 0.274. The minimum atomic E-state index is 0.274. The molecule has 0 saturated carbocycles. The minimum Gasteiger partial charge on any atom is -0.507 e. The molecule has 0 aliphatic heterocycles. The van der Waals surface area contributed by atoms with Crippen LogP contribution in [0.1, 0.15) is 12.5 Å². The number of phenols is 1. The summed E-state index contributed by atoms with van der Waals surface area (Å²) in [4.78, 5) is 0.795. The maximum Gasteiger partial charge on any atom is 0.123 e. The summed E-state index contributed by atoms with van der Waals surface area (Å²) in [6.45, 7) is 1.88. The lowest BCUT2D eigenvalue weighted by atomic mass is 10.2. The lowest BCUT2D eigenvalue weighted by Crippen LogP contribution is -1.76. The summed E-state index contributed by atoms with van der Waals surface area (Å²) >= 11 is 4.19. The van der Waals surface area contributed by atoms with Gasteiger partial charge < -0.3 is 5.11 Å². The molecule has 0 saturated heterocycles. The zero-order valence-corrected chi connectivity index (χ0v) is 7.18. The predicted octanol–water partition coefficient (Wildman–Crippen LogP) is 2.68. The van der Waals surface area contributed by atoms with Gasteiger partial charge in [-0.1, -0.05) is 24.3 Å². The van der Waals surface area contributed by atoms with E-state index < -0.39 is 0 Å². The number of phenolic OH excluding ortho intramolecular Hbond substituents is 1. The molecule has 0 heterocycles. The van der Waals surface area contributed by atoms with E-state index in [-0.39, 0.29) is 5.75 Å². The number of hydrogen-bond donors (Lipinski definition) is 2. The van der Waals surface area contributed by atoms with E-state index in [4.69, 9.17) is 0 Å². The molecule has 0 aliphatic rings. The fourth-order valence-electron chi connectivity index (χ4n) is 0.846. The van der Waals surface area contributed by atoms with Crippen LogP contribution in [0.15, 0.2) is 30.3 Å². The van der Waals surface area contributed by atoms with E-state index in [1.165, 1.54) is 0 Å². The molecule has 1 N–H and O–H groups in total. The molecule has 1 nitrogen and oxygen atoms in total. The van der Waals surface area contributed by atoms with Crippen molar-refractivity contribution in [3.8, 4) is 5.75 Å². The Morgan fingerprint density at radius 2 is 2.09 bits per heavy atom. The highest BCUT2D eigenvalue weighted by Crippen LogP contribution is 2.26. The smallest absolute Gasteiger partial charge is 0.123 e. The molecule has 0 aliphatic carbocycles. The zero-order chi connectivity index (χ0) is 8.27. The summed E-state index contributed by atoms with van der Waals surface area (Å²) in [6.07, 6.45) is 1.85. The summed E-state index contributed by atoms with van der Waals surface area (Å²) in [6, 6.07) is 7.14. The van der Waals surface area contributed by atoms with E-state index in [1.807, 2.05) is 25.1 Å². The van der Waals surface area contributed by atoms with Crippen molar-refractivity contribution < 1.29 is 5.11 Å². The number of hydrogen-bond acceptors (Lipinski definition) is 2. The molecule has 0 spiro atoms. The molecular formula is C9H10OS. The third-order valence-electron chi connectivity index (χ3n) is 1.45. The molecule has 2 heteroatoms. The second-order valence-corrected chi connectivity index (χ2v) is 2.67. The highest BCUT2D eigenvalue weighted by atomic mass is 32.1. The molecule has 0 bridgehead atoms. The van der Waals surface area contributed by atoms with Gasteiger partial charge in [-0.2, -0.15) is 0 Å². The maximum absolute atomic E-state index is 9.32. The van der Waals surface area contributed by atoms with Gasteiger partial charge in [0.05, 0.1) is 0 Å². The van der Waals surface area contributed by atoms with Crippen LogP contribution < -0.4 is 0 Å². The molecule has 0 amide bonds. The quantitative estimate of drug-likeness (QED) is 0.614. The van der Waals surface area contributed by atoms with E-state index in [1.54, 1.807) is 12.1 Å². The van der Waals surface area contributed by atoms with E-state index in [0.29, 0.717) is 0 Å². The van der Waals surface area contributed by atoms with E-state index >= 15 is 0 Å². The molecule has 0 radical (unpaired) electrons. The van der Waals surface area contributed by atoms with E-state index in [9.17, 15) is 5.11 Å². The number of aromatic hydroxyl groups is 1.